The lowest BCUT2D eigenvalue weighted by Crippen LogP contribution is -2.18. The predicted molar refractivity (Wildman–Crippen MR) is 33.2 cm³/mol. The number of alkyl halides is 2. The molecule has 0 N–H and O–H groups in total. The molecule has 0 aliphatic heterocycles. The maximum absolute atomic E-state index is 11.9. The average Bonchev–Trinajstić information content (AvgIpc) is 1.85. The molecule has 0 bridgehead atoms. The first kappa shape index (κ1) is 10.3. The monoisotopic (exact) mass is 168 g/mol. The molecule has 0 fully saturated rings. The summed E-state index contributed by atoms with van der Waals surface area (Å²) in [6.45, 7) is 0.292. The van der Waals surface area contributed by atoms with E-state index in [0.29, 0.717) is 6.92 Å². The topological polar surface area (TPSA) is 35.5 Å². The van der Waals surface area contributed by atoms with Gasteiger partial charge in [-0.2, -0.15) is 8.78 Å². The molecule has 0 aliphatic rings. The van der Waals surface area contributed by atoms with Crippen LogP contribution >= 0.6 is 0 Å². The Morgan fingerprint density at radius 2 is 2.09 bits per heavy atom. The molecule has 0 spiro atoms. The number of halogens is 2. The highest BCUT2D eigenvalue weighted by atomic mass is 19.3. The molecule has 0 aromatic heterocycles. The first-order valence-electron chi connectivity index (χ1n) is 3.04. The van der Waals surface area contributed by atoms with Crippen molar-refractivity contribution in [2.75, 3.05) is 13.7 Å². The molecular weight excluding hydrogens is 158 g/mol. The summed E-state index contributed by atoms with van der Waals surface area (Å²) in [5.74, 6) is -0.561. The number of hydrogen-bond acceptors (Lipinski definition) is 3. The van der Waals surface area contributed by atoms with Crippen molar-refractivity contribution in [1.29, 1.82) is 0 Å². The summed E-state index contributed by atoms with van der Waals surface area (Å²) in [4.78, 5) is 10.4. The van der Waals surface area contributed by atoms with Gasteiger partial charge in [-0.05, 0) is 0 Å². The van der Waals surface area contributed by atoms with Crippen LogP contribution in [0.1, 0.15) is 13.3 Å². The molecule has 0 atom stereocenters. The second-order valence-electron chi connectivity index (χ2n) is 1.98. The maximum atomic E-state index is 11.9. The zero-order chi connectivity index (χ0) is 8.91. The Morgan fingerprint density at radius 3 is 2.45 bits per heavy atom. The lowest BCUT2D eigenvalue weighted by atomic mass is 10.5. The average molecular weight is 168 g/mol. The van der Waals surface area contributed by atoms with Crippen LogP contribution in [0.2, 0.25) is 0 Å². The standard InChI is InChI=1S/C6H10F2O3/c1-6(7,8)11-4-3-5(9)10-2/h3-4H2,1-2H3. The van der Waals surface area contributed by atoms with Gasteiger partial charge >= 0.3 is 12.1 Å². The lowest BCUT2D eigenvalue weighted by Gasteiger charge is -2.09. The van der Waals surface area contributed by atoms with Crippen LogP contribution in [0.5, 0.6) is 0 Å². The van der Waals surface area contributed by atoms with Crippen molar-refractivity contribution in [3.63, 3.8) is 0 Å². The molecule has 0 radical (unpaired) electrons. The fraction of sp³-hybridized carbons (Fsp3) is 0.833. The van der Waals surface area contributed by atoms with Gasteiger partial charge in [0.25, 0.3) is 0 Å². The number of methoxy groups -OCH3 is 1. The normalized spacial score (nSPS) is 11.3. The summed E-state index contributed by atoms with van der Waals surface area (Å²) in [6.07, 6.45) is -3.33. The van der Waals surface area contributed by atoms with E-state index in [2.05, 4.69) is 9.47 Å². The van der Waals surface area contributed by atoms with Gasteiger partial charge < -0.3 is 9.47 Å². The molecule has 3 nitrogen and oxygen atoms in total. The minimum absolute atomic E-state index is 0.153. The number of carbonyl (C=O) groups excluding carboxylic acids is 1. The quantitative estimate of drug-likeness (QED) is 0.591. The van der Waals surface area contributed by atoms with Gasteiger partial charge in [0.2, 0.25) is 0 Å². The number of carbonyl (C=O) groups is 1. The number of esters is 1. The summed E-state index contributed by atoms with van der Waals surface area (Å²) in [5.41, 5.74) is 0. The molecule has 0 amide bonds. The van der Waals surface area contributed by atoms with Crippen LogP contribution in [0, 0.1) is 0 Å². The Labute approximate surface area is 63.3 Å². The molecule has 11 heavy (non-hydrogen) atoms. The van der Waals surface area contributed by atoms with E-state index >= 15 is 0 Å². The van der Waals surface area contributed by atoms with Crippen molar-refractivity contribution >= 4 is 5.97 Å². The highest BCUT2D eigenvalue weighted by molar-refractivity contribution is 5.69. The van der Waals surface area contributed by atoms with Crippen LogP contribution in [-0.2, 0) is 14.3 Å². The molecular formula is C6H10F2O3. The van der Waals surface area contributed by atoms with Crippen LogP contribution in [-0.4, -0.2) is 25.8 Å². The van der Waals surface area contributed by atoms with Crippen molar-refractivity contribution in [3.05, 3.63) is 0 Å². The van der Waals surface area contributed by atoms with Crippen molar-refractivity contribution < 1.29 is 23.0 Å². The Morgan fingerprint density at radius 1 is 1.55 bits per heavy atom. The van der Waals surface area contributed by atoms with E-state index in [-0.39, 0.29) is 13.0 Å². The van der Waals surface area contributed by atoms with E-state index in [1.807, 2.05) is 0 Å². The summed E-state index contributed by atoms with van der Waals surface area (Å²) in [7, 11) is 1.19. The van der Waals surface area contributed by atoms with E-state index in [1.54, 1.807) is 0 Å². The fourth-order valence-electron chi connectivity index (χ4n) is 0.416. The van der Waals surface area contributed by atoms with Crippen molar-refractivity contribution in [1.82, 2.24) is 0 Å². The number of rotatable bonds is 4. The molecule has 0 unspecified atom stereocenters. The molecule has 0 heterocycles. The van der Waals surface area contributed by atoms with Gasteiger partial charge in [0, 0.05) is 6.92 Å². The minimum Gasteiger partial charge on any atom is -0.469 e. The van der Waals surface area contributed by atoms with Crippen LogP contribution < -0.4 is 0 Å². The Hall–Kier alpha value is -0.710. The zero-order valence-corrected chi connectivity index (χ0v) is 6.39. The minimum atomic E-state index is -3.17. The second kappa shape index (κ2) is 4.23. The van der Waals surface area contributed by atoms with Crippen LogP contribution in [0.3, 0.4) is 0 Å². The fourth-order valence-corrected chi connectivity index (χ4v) is 0.416. The van der Waals surface area contributed by atoms with Gasteiger partial charge in [-0.25, -0.2) is 0 Å². The van der Waals surface area contributed by atoms with E-state index in [0.717, 1.165) is 0 Å². The third-order valence-corrected chi connectivity index (χ3v) is 0.889. The third kappa shape index (κ3) is 7.18. The predicted octanol–water partition coefficient (Wildman–Crippen LogP) is 1.18. The summed E-state index contributed by atoms with van der Waals surface area (Å²) < 4.78 is 32.0. The molecule has 0 aromatic carbocycles. The van der Waals surface area contributed by atoms with Crippen LogP contribution in [0.4, 0.5) is 8.78 Å². The Balaban J connectivity index is 3.35. The van der Waals surface area contributed by atoms with Crippen molar-refractivity contribution in [2.24, 2.45) is 0 Å². The molecule has 0 aromatic rings. The Kier molecular flexibility index (Phi) is 3.95. The van der Waals surface area contributed by atoms with E-state index in [4.69, 9.17) is 0 Å². The van der Waals surface area contributed by atoms with E-state index < -0.39 is 12.1 Å². The molecule has 0 aliphatic carbocycles. The molecule has 66 valence electrons. The third-order valence-electron chi connectivity index (χ3n) is 0.889. The summed E-state index contributed by atoms with van der Waals surface area (Å²) in [5, 5.41) is 0. The smallest absolute Gasteiger partial charge is 0.352 e. The van der Waals surface area contributed by atoms with Gasteiger partial charge in [-0.1, -0.05) is 0 Å². The molecule has 0 rings (SSSR count). The van der Waals surface area contributed by atoms with E-state index in [9.17, 15) is 13.6 Å². The van der Waals surface area contributed by atoms with Crippen molar-refractivity contribution in [2.45, 2.75) is 19.5 Å². The summed E-state index contributed by atoms with van der Waals surface area (Å²) >= 11 is 0. The SMILES string of the molecule is COC(=O)CCOC(C)(F)F. The van der Waals surface area contributed by atoms with Gasteiger partial charge in [0.15, 0.2) is 0 Å². The van der Waals surface area contributed by atoms with Gasteiger partial charge in [0.1, 0.15) is 0 Å². The largest absolute Gasteiger partial charge is 0.469 e. The van der Waals surface area contributed by atoms with Crippen LogP contribution in [0.15, 0.2) is 0 Å². The first-order valence-corrected chi connectivity index (χ1v) is 3.04. The number of ether oxygens (including phenoxy) is 2. The van der Waals surface area contributed by atoms with Gasteiger partial charge in [0.05, 0.1) is 20.1 Å². The molecule has 0 saturated carbocycles. The molecule has 5 heteroatoms. The second-order valence-corrected chi connectivity index (χ2v) is 1.98. The van der Waals surface area contributed by atoms with E-state index in [1.165, 1.54) is 7.11 Å². The first-order chi connectivity index (χ1) is 4.95. The lowest BCUT2D eigenvalue weighted by molar-refractivity contribution is -0.224. The number of hydrogen-bond donors (Lipinski definition) is 0. The highest BCUT2D eigenvalue weighted by Crippen LogP contribution is 2.12. The Bertz CT molecular complexity index is 130. The maximum Gasteiger partial charge on any atom is 0.352 e. The highest BCUT2D eigenvalue weighted by Gasteiger charge is 2.21. The van der Waals surface area contributed by atoms with Gasteiger partial charge in [-0.3, -0.25) is 4.79 Å². The van der Waals surface area contributed by atoms with Crippen molar-refractivity contribution in [3.8, 4) is 0 Å². The zero-order valence-electron chi connectivity index (χ0n) is 6.39. The van der Waals surface area contributed by atoms with Gasteiger partial charge in [-0.15, -0.1) is 0 Å². The molecule has 0 saturated heterocycles. The van der Waals surface area contributed by atoms with Crippen LogP contribution in [0.25, 0.3) is 0 Å². The summed E-state index contributed by atoms with van der Waals surface area (Å²) in [6, 6.07) is 0.